The second-order valence-electron chi connectivity index (χ2n) is 2.30. The van der Waals surface area contributed by atoms with Crippen LogP contribution in [0, 0.1) is 0 Å². The molecule has 1 N–H and O–H groups in total. The topological polar surface area (TPSA) is 20.2 Å². The van der Waals surface area contributed by atoms with Crippen LogP contribution in [-0.2, 0) is 6.61 Å². The van der Waals surface area contributed by atoms with Crippen LogP contribution in [0.25, 0.3) is 0 Å². The van der Waals surface area contributed by atoms with Gasteiger partial charge >= 0.3 is 0 Å². The van der Waals surface area contributed by atoms with Gasteiger partial charge in [-0.2, -0.15) is 0 Å². The van der Waals surface area contributed by atoms with Crippen molar-refractivity contribution in [1.29, 1.82) is 0 Å². The summed E-state index contributed by atoms with van der Waals surface area (Å²) < 4.78 is 0. The van der Waals surface area contributed by atoms with Crippen LogP contribution >= 0.6 is 23.4 Å². The fraction of sp³-hybridized carbons (Fsp3) is 0.333. The molecule has 0 atom stereocenters. The van der Waals surface area contributed by atoms with E-state index in [0.717, 1.165) is 16.2 Å². The summed E-state index contributed by atoms with van der Waals surface area (Å²) in [6, 6.07) is 7.82. The Hall–Kier alpha value is -0.180. The first-order valence-electron chi connectivity index (χ1n) is 3.76. The first-order valence-corrected chi connectivity index (χ1v) is 5.28. The van der Waals surface area contributed by atoms with Crippen LogP contribution < -0.4 is 0 Å². The monoisotopic (exact) mass is 202 g/mol. The molecular formula is C9H11ClOS. The molecule has 0 aliphatic rings. The van der Waals surface area contributed by atoms with E-state index in [2.05, 4.69) is 0 Å². The Balaban J connectivity index is 2.68. The fourth-order valence-corrected chi connectivity index (χ4v) is 1.95. The summed E-state index contributed by atoms with van der Waals surface area (Å²) in [6.07, 6.45) is 0. The van der Waals surface area contributed by atoms with Crippen LogP contribution in [0.4, 0.5) is 0 Å². The van der Waals surface area contributed by atoms with Crippen LogP contribution in [0.15, 0.2) is 29.2 Å². The molecule has 1 rings (SSSR count). The Morgan fingerprint density at radius 2 is 2.08 bits per heavy atom. The summed E-state index contributed by atoms with van der Waals surface area (Å²) >= 11 is 7.24. The number of aliphatic hydroxyl groups is 1. The van der Waals surface area contributed by atoms with Crippen molar-refractivity contribution in [2.24, 2.45) is 0 Å². The summed E-state index contributed by atoms with van der Waals surface area (Å²) in [4.78, 5) is 1.13. The minimum Gasteiger partial charge on any atom is -0.392 e. The lowest BCUT2D eigenvalue weighted by Crippen LogP contribution is -1.88. The van der Waals surface area contributed by atoms with Crippen molar-refractivity contribution < 1.29 is 5.11 Å². The van der Waals surface area contributed by atoms with Crippen molar-refractivity contribution in [3.63, 3.8) is 0 Å². The van der Waals surface area contributed by atoms with Crippen molar-refractivity contribution in [2.75, 3.05) is 11.6 Å². The van der Waals surface area contributed by atoms with Gasteiger partial charge in [-0.05, 0) is 11.6 Å². The largest absolute Gasteiger partial charge is 0.392 e. The SMILES string of the molecule is OCc1ccccc1SCCCl. The van der Waals surface area contributed by atoms with Crippen LogP contribution in [0.5, 0.6) is 0 Å². The fourth-order valence-electron chi connectivity index (χ4n) is 0.924. The lowest BCUT2D eigenvalue weighted by molar-refractivity contribution is 0.279. The van der Waals surface area contributed by atoms with Crippen LogP contribution in [0.3, 0.4) is 0 Å². The number of hydrogen-bond donors (Lipinski definition) is 1. The Morgan fingerprint density at radius 3 is 2.75 bits per heavy atom. The minimum atomic E-state index is 0.103. The zero-order valence-corrected chi connectivity index (χ0v) is 8.24. The van der Waals surface area contributed by atoms with Crippen LogP contribution in [-0.4, -0.2) is 16.7 Å². The summed E-state index contributed by atoms with van der Waals surface area (Å²) in [7, 11) is 0. The first kappa shape index (κ1) is 9.90. The van der Waals surface area contributed by atoms with E-state index < -0.39 is 0 Å². The van der Waals surface area contributed by atoms with Gasteiger partial charge in [0.2, 0.25) is 0 Å². The molecule has 0 saturated heterocycles. The summed E-state index contributed by atoms with van der Waals surface area (Å²) in [5.74, 6) is 1.53. The minimum absolute atomic E-state index is 0.103. The molecule has 0 spiro atoms. The van der Waals surface area contributed by atoms with Crippen LogP contribution in [0.1, 0.15) is 5.56 Å². The Bertz CT molecular complexity index is 240. The van der Waals surface area contributed by atoms with Gasteiger partial charge in [-0.25, -0.2) is 0 Å². The van der Waals surface area contributed by atoms with Gasteiger partial charge < -0.3 is 5.11 Å². The number of halogens is 1. The molecule has 0 aliphatic carbocycles. The Kier molecular flexibility index (Phi) is 4.51. The third-order valence-electron chi connectivity index (χ3n) is 1.48. The lowest BCUT2D eigenvalue weighted by Gasteiger charge is -2.04. The molecule has 0 aliphatic heterocycles. The van der Waals surface area contributed by atoms with E-state index in [1.807, 2.05) is 24.3 Å². The van der Waals surface area contributed by atoms with Gasteiger partial charge in [-0.3, -0.25) is 0 Å². The van der Waals surface area contributed by atoms with Gasteiger partial charge in [0.15, 0.2) is 0 Å². The molecule has 0 radical (unpaired) electrons. The number of alkyl halides is 1. The van der Waals surface area contributed by atoms with Gasteiger partial charge in [-0.15, -0.1) is 23.4 Å². The van der Waals surface area contributed by atoms with E-state index in [1.165, 1.54) is 0 Å². The molecular weight excluding hydrogens is 192 g/mol. The van der Waals surface area contributed by atoms with E-state index in [1.54, 1.807) is 11.8 Å². The van der Waals surface area contributed by atoms with E-state index in [4.69, 9.17) is 16.7 Å². The molecule has 1 aromatic rings. The van der Waals surface area contributed by atoms with E-state index in [9.17, 15) is 0 Å². The van der Waals surface area contributed by atoms with Crippen molar-refractivity contribution in [3.8, 4) is 0 Å². The molecule has 0 aromatic heterocycles. The molecule has 0 unspecified atom stereocenters. The standard InChI is InChI=1S/C9H11ClOS/c10-5-6-12-9-4-2-1-3-8(9)7-11/h1-4,11H,5-7H2. The maximum atomic E-state index is 8.97. The molecule has 0 amide bonds. The summed E-state index contributed by atoms with van der Waals surface area (Å²) in [5.41, 5.74) is 0.979. The second-order valence-corrected chi connectivity index (χ2v) is 3.82. The number of hydrogen-bond acceptors (Lipinski definition) is 2. The maximum Gasteiger partial charge on any atom is 0.0692 e. The predicted octanol–water partition coefficient (Wildman–Crippen LogP) is 2.51. The molecule has 0 fully saturated rings. The smallest absolute Gasteiger partial charge is 0.0692 e. The highest BCUT2D eigenvalue weighted by atomic mass is 35.5. The molecule has 1 aromatic carbocycles. The van der Waals surface area contributed by atoms with E-state index >= 15 is 0 Å². The van der Waals surface area contributed by atoms with Crippen LogP contribution in [0.2, 0.25) is 0 Å². The molecule has 3 heteroatoms. The summed E-state index contributed by atoms with van der Waals surface area (Å²) in [5, 5.41) is 8.97. The molecule has 0 bridgehead atoms. The van der Waals surface area contributed by atoms with Crippen molar-refractivity contribution >= 4 is 23.4 Å². The molecule has 12 heavy (non-hydrogen) atoms. The average molecular weight is 203 g/mol. The van der Waals surface area contributed by atoms with Gasteiger partial charge in [-0.1, -0.05) is 18.2 Å². The van der Waals surface area contributed by atoms with E-state index in [0.29, 0.717) is 5.88 Å². The highest BCUT2D eigenvalue weighted by molar-refractivity contribution is 7.99. The third-order valence-corrected chi connectivity index (χ3v) is 3.01. The van der Waals surface area contributed by atoms with Gasteiger partial charge in [0.1, 0.15) is 0 Å². The second kappa shape index (κ2) is 5.46. The normalized spacial score (nSPS) is 10.2. The van der Waals surface area contributed by atoms with Gasteiger partial charge in [0.25, 0.3) is 0 Å². The van der Waals surface area contributed by atoms with E-state index in [-0.39, 0.29) is 6.61 Å². The molecule has 66 valence electrons. The predicted molar refractivity (Wildman–Crippen MR) is 53.8 cm³/mol. The first-order chi connectivity index (χ1) is 5.88. The quantitative estimate of drug-likeness (QED) is 0.598. The highest BCUT2D eigenvalue weighted by Crippen LogP contribution is 2.22. The number of benzene rings is 1. The average Bonchev–Trinajstić information content (AvgIpc) is 2.15. The number of thioether (sulfide) groups is 1. The summed E-state index contributed by atoms with van der Waals surface area (Å²) in [6.45, 7) is 0.103. The van der Waals surface area contributed by atoms with Crippen molar-refractivity contribution in [3.05, 3.63) is 29.8 Å². The lowest BCUT2D eigenvalue weighted by atomic mass is 10.2. The zero-order chi connectivity index (χ0) is 8.81. The Labute approximate surface area is 81.7 Å². The van der Waals surface area contributed by atoms with Crippen molar-refractivity contribution in [1.82, 2.24) is 0 Å². The molecule has 0 heterocycles. The maximum absolute atomic E-state index is 8.97. The van der Waals surface area contributed by atoms with Gasteiger partial charge in [0.05, 0.1) is 6.61 Å². The van der Waals surface area contributed by atoms with Gasteiger partial charge in [0, 0.05) is 16.5 Å². The molecule has 1 nitrogen and oxygen atoms in total. The highest BCUT2D eigenvalue weighted by Gasteiger charge is 1.99. The number of aliphatic hydroxyl groups excluding tert-OH is 1. The van der Waals surface area contributed by atoms with Crippen molar-refractivity contribution in [2.45, 2.75) is 11.5 Å². The molecule has 0 saturated carbocycles. The number of rotatable bonds is 4. The zero-order valence-electron chi connectivity index (χ0n) is 6.66. The Morgan fingerprint density at radius 1 is 1.33 bits per heavy atom. The third kappa shape index (κ3) is 2.70.